The Bertz CT molecular complexity index is 162. The summed E-state index contributed by atoms with van der Waals surface area (Å²) in [6.07, 6.45) is 0. The number of halogens is 1. The molecule has 0 aromatic heterocycles. The highest BCUT2D eigenvalue weighted by atomic mass is 35.5. The van der Waals surface area contributed by atoms with E-state index < -0.39 is 0 Å². The molecule has 0 heterocycles. The average Bonchev–Trinajstić information content (AvgIpc) is 2.08. The molecular formula is C9H13ClO. The minimum absolute atomic E-state index is 0.612. The van der Waals surface area contributed by atoms with E-state index in [9.17, 15) is 0 Å². The van der Waals surface area contributed by atoms with E-state index in [2.05, 4.69) is 4.74 Å². The van der Waals surface area contributed by atoms with Crippen LogP contribution in [0.3, 0.4) is 0 Å². The summed E-state index contributed by atoms with van der Waals surface area (Å²) in [5.74, 6) is 0.612. The first-order valence-electron chi connectivity index (χ1n) is 3.35. The maximum absolute atomic E-state index is 5.53. The number of ether oxygens (including phenoxy) is 1. The highest BCUT2D eigenvalue weighted by Gasteiger charge is 1.81. The second kappa shape index (κ2) is 7.58. The zero-order valence-electron chi connectivity index (χ0n) is 6.88. The van der Waals surface area contributed by atoms with Crippen molar-refractivity contribution >= 4 is 11.6 Å². The Morgan fingerprint density at radius 3 is 1.91 bits per heavy atom. The third-order valence-electron chi connectivity index (χ3n) is 0.997. The molecule has 0 saturated carbocycles. The first kappa shape index (κ1) is 10.5. The third-order valence-corrected chi connectivity index (χ3v) is 1.31. The van der Waals surface area contributed by atoms with Gasteiger partial charge in [-0.15, -0.1) is 11.6 Å². The second-order valence-corrected chi connectivity index (χ2v) is 2.29. The van der Waals surface area contributed by atoms with Crippen LogP contribution in [0.5, 0.6) is 0 Å². The summed E-state index contributed by atoms with van der Waals surface area (Å²) in [4.78, 5) is 0. The molecule has 62 valence electrons. The van der Waals surface area contributed by atoms with Crippen LogP contribution in [0.25, 0.3) is 0 Å². The molecule has 0 spiro atoms. The van der Waals surface area contributed by atoms with Gasteiger partial charge in [0.2, 0.25) is 0 Å². The lowest BCUT2D eigenvalue weighted by atomic mass is 10.2. The summed E-state index contributed by atoms with van der Waals surface area (Å²) < 4.78 is 4.25. The predicted octanol–water partition coefficient (Wildman–Crippen LogP) is 2.69. The van der Waals surface area contributed by atoms with Gasteiger partial charge in [0.1, 0.15) is 0 Å². The Balaban J connectivity index is 0.000000292. The molecule has 1 rings (SSSR count). The number of hydrogen-bond donors (Lipinski definition) is 0. The van der Waals surface area contributed by atoms with Crippen molar-refractivity contribution in [3.05, 3.63) is 35.9 Å². The maximum Gasteiger partial charge on any atom is 0.0474 e. The van der Waals surface area contributed by atoms with Gasteiger partial charge in [0.25, 0.3) is 0 Å². The SMILES string of the molecule is COC.ClCc1ccccc1. The average molecular weight is 173 g/mol. The van der Waals surface area contributed by atoms with Crippen LogP contribution in [0.1, 0.15) is 5.56 Å². The van der Waals surface area contributed by atoms with Gasteiger partial charge in [-0.2, -0.15) is 0 Å². The Morgan fingerprint density at radius 1 is 1.18 bits per heavy atom. The van der Waals surface area contributed by atoms with E-state index >= 15 is 0 Å². The molecule has 1 nitrogen and oxygen atoms in total. The van der Waals surface area contributed by atoms with Crippen LogP contribution in [0.4, 0.5) is 0 Å². The third kappa shape index (κ3) is 5.89. The normalized spacial score (nSPS) is 8.27. The number of hydrogen-bond acceptors (Lipinski definition) is 1. The topological polar surface area (TPSA) is 9.23 Å². The second-order valence-electron chi connectivity index (χ2n) is 2.03. The van der Waals surface area contributed by atoms with Crippen LogP contribution in [0.2, 0.25) is 0 Å². The van der Waals surface area contributed by atoms with E-state index in [0.29, 0.717) is 5.88 Å². The summed E-state index contributed by atoms with van der Waals surface area (Å²) >= 11 is 5.53. The van der Waals surface area contributed by atoms with Gasteiger partial charge < -0.3 is 4.74 Å². The van der Waals surface area contributed by atoms with Crippen molar-refractivity contribution in [3.8, 4) is 0 Å². The number of benzene rings is 1. The van der Waals surface area contributed by atoms with Gasteiger partial charge in [-0.25, -0.2) is 0 Å². The molecule has 1 aromatic carbocycles. The Labute approximate surface area is 72.9 Å². The Hall–Kier alpha value is -0.530. The van der Waals surface area contributed by atoms with Gasteiger partial charge in [0.05, 0.1) is 0 Å². The van der Waals surface area contributed by atoms with Crippen molar-refractivity contribution in [2.75, 3.05) is 14.2 Å². The highest BCUT2D eigenvalue weighted by Crippen LogP contribution is 2.00. The summed E-state index contributed by atoms with van der Waals surface area (Å²) in [6, 6.07) is 9.96. The molecular weight excluding hydrogens is 160 g/mol. The van der Waals surface area contributed by atoms with Crippen LogP contribution < -0.4 is 0 Å². The fourth-order valence-electron chi connectivity index (χ4n) is 0.567. The molecule has 0 unspecified atom stereocenters. The minimum atomic E-state index is 0.612. The molecule has 0 saturated heterocycles. The zero-order valence-corrected chi connectivity index (χ0v) is 7.64. The predicted molar refractivity (Wildman–Crippen MR) is 48.9 cm³/mol. The van der Waals surface area contributed by atoms with E-state index in [1.54, 1.807) is 14.2 Å². The standard InChI is InChI=1S/C7H7Cl.C2H6O/c8-6-7-4-2-1-3-5-7;1-3-2/h1-5H,6H2;1-2H3. The molecule has 1 aromatic rings. The molecule has 2 heteroatoms. The van der Waals surface area contributed by atoms with E-state index in [1.165, 1.54) is 5.56 Å². The minimum Gasteiger partial charge on any atom is -0.388 e. The lowest BCUT2D eigenvalue weighted by Gasteiger charge is -1.88. The quantitative estimate of drug-likeness (QED) is 0.592. The van der Waals surface area contributed by atoms with Crippen LogP contribution in [-0.2, 0) is 10.6 Å². The summed E-state index contributed by atoms with van der Waals surface area (Å²) in [5, 5.41) is 0. The molecule has 0 aliphatic rings. The smallest absolute Gasteiger partial charge is 0.0474 e. The van der Waals surface area contributed by atoms with Crippen molar-refractivity contribution in [2.45, 2.75) is 5.88 Å². The molecule has 0 amide bonds. The van der Waals surface area contributed by atoms with Crippen LogP contribution in [0.15, 0.2) is 30.3 Å². The Morgan fingerprint density at radius 2 is 1.64 bits per heavy atom. The van der Waals surface area contributed by atoms with Crippen molar-refractivity contribution in [3.63, 3.8) is 0 Å². The molecule has 0 aliphatic heterocycles. The van der Waals surface area contributed by atoms with Gasteiger partial charge in [0.15, 0.2) is 0 Å². The van der Waals surface area contributed by atoms with Gasteiger partial charge in [-0.3, -0.25) is 0 Å². The van der Waals surface area contributed by atoms with Gasteiger partial charge in [-0.05, 0) is 5.56 Å². The van der Waals surface area contributed by atoms with Crippen LogP contribution >= 0.6 is 11.6 Å². The van der Waals surface area contributed by atoms with Gasteiger partial charge >= 0.3 is 0 Å². The van der Waals surface area contributed by atoms with Gasteiger partial charge in [-0.1, -0.05) is 30.3 Å². The number of alkyl halides is 1. The van der Waals surface area contributed by atoms with Gasteiger partial charge in [0, 0.05) is 20.1 Å². The summed E-state index contributed by atoms with van der Waals surface area (Å²) in [5.41, 5.74) is 1.18. The highest BCUT2D eigenvalue weighted by molar-refractivity contribution is 6.17. The summed E-state index contributed by atoms with van der Waals surface area (Å²) in [6.45, 7) is 0. The maximum atomic E-state index is 5.53. The summed E-state index contributed by atoms with van der Waals surface area (Å²) in [7, 11) is 3.25. The lowest BCUT2D eigenvalue weighted by Crippen LogP contribution is -1.71. The first-order valence-corrected chi connectivity index (χ1v) is 3.88. The largest absolute Gasteiger partial charge is 0.388 e. The van der Waals surface area contributed by atoms with E-state index in [0.717, 1.165) is 0 Å². The lowest BCUT2D eigenvalue weighted by molar-refractivity contribution is 0.277. The van der Waals surface area contributed by atoms with Crippen molar-refractivity contribution in [1.29, 1.82) is 0 Å². The Kier molecular flexibility index (Phi) is 7.21. The fraction of sp³-hybridized carbons (Fsp3) is 0.333. The van der Waals surface area contributed by atoms with E-state index in [-0.39, 0.29) is 0 Å². The molecule has 0 fully saturated rings. The molecule has 0 atom stereocenters. The molecule has 0 bridgehead atoms. The van der Waals surface area contributed by atoms with Crippen LogP contribution in [0, 0.1) is 0 Å². The van der Waals surface area contributed by atoms with Crippen molar-refractivity contribution in [1.82, 2.24) is 0 Å². The van der Waals surface area contributed by atoms with Crippen LogP contribution in [-0.4, -0.2) is 14.2 Å². The molecule has 0 N–H and O–H groups in total. The van der Waals surface area contributed by atoms with Crippen molar-refractivity contribution in [2.24, 2.45) is 0 Å². The van der Waals surface area contributed by atoms with E-state index in [4.69, 9.17) is 11.6 Å². The number of methoxy groups -OCH3 is 1. The number of rotatable bonds is 1. The molecule has 11 heavy (non-hydrogen) atoms. The van der Waals surface area contributed by atoms with E-state index in [1.807, 2.05) is 30.3 Å². The van der Waals surface area contributed by atoms with Crippen molar-refractivity contribution < 1.29 is 4.74 Å². The zero-order chi connectivity index (χ0) is 8.53. The monoisotopic (exact) mass is 172 g/mol. The molecule has 0 aliphatic carbocycles. The first-order chi connectivity index (χ1) is 5.35. The molecule has 0 radical (unpaired) electrons. The fourth-order valence-corrected chi connectivity index (χ4v) is 0.745.